The Labute approximate surface area is 134 Å². The van der Waals surface area contributed by atoms with Gasteiger partial charge in [0.1, 0.15) is 11.5 Å². The highest BCUT2D eigenvalue weighted by atomic mass is 19.1. The Kier molecular flexibility index (Phi) is 4.10. The largest absolute Gasteiger partial charge is 0.332 e. The van der Waals surface area contributed by atoms with Crippen molar-refractivity contribution in [3.63, 3.8) is 0 Å². The maximum absolute atomic E-state index is 13.2. The van der Waals surface area contributed by atoms with Crippen LogP contribution in [-0.2, 0) is 6.54 Å². The molecule has 23 heavy (non-hydrogen) atoms. The van der Waals surface area contributed by atoms with Crippen molar-refractivity contribution in [2.75, 3.05) is 5.32 Å². The molecule has 0 bridgehead atoms. The van der Waals surface area contributed by atoms with Gasteiger partial charge in [-0.25, -0.2) is 9.37 Å². The second kappa shape index (κ2) is 6.20. The highest BCUT2D eigenvalue weighted by Gasteiger charge is 2.16. The van der Waals surface area contributed by atoms with E-state index in [1.165, 1.54) is 12.1 Å². The lowest BCUT2D eigenvalue weighted by Gasteiger charge is -2.07. The van der Waals surface area contributed by atoms with Crippen LogP contribution in [0.4, 0.5) is 10.1 Å². The number of aryl methyl sites for hydroxylation is 2. The van der Waals surface area contributed by atoms with Gasteiger partial charge in [0, 0.05) is 30.0 Å². The first-order valence-electron chi connectivity index (χ1n) is 7.61. The van der Waals surface area contributed by atoms with Gasteiger partial charge in [-0.1, -0.05) is 6.92 Å². The summed E-state index contributed by atoms with van der Waals surface area (Å²) in [4.78, 5) is 17.0. The number of pyridine rings is 1. The minimum Gasteiger partial charge on any atom is -0.332 e. The highest BCUT2D eigenvalue weighted by molar-refractivity contribution is 6.12. The van der Waals surface area contributed by atoms with Crippen LogP contribution in [0.2, 0.25) is 0 Å². The van der Waals surface area contributed by atoms with E-state index in [9.17, 15) is 9.18 Å². The Balaban J connectivity index is 1.97. The Morgan fingerprint density at radius 2 is 2.17 bits per heavy atom. The first-order chi connectivity index (χ1) is 11.1. The lowest BCUT2D eigenvalue weighted by atomic mass is 10.1. The van der Waals surface area contributed by atoms with Crippen molar-refractivity contribution in [1.29, 1.82) is 0 Å². The molecule has 1 N–H and O–H groups in total. The fraction of sp³-hybridized carbons (Fsp3) is 0.222. The lowest BCUT2D eigenvalue weighted by molar-refractivity contribution is 0.102. The van der Waals surface area contributed by atoms with E-state index < -0.39 is 0 Å². The number of anilines is 1. The number of nitrogens with zero attached hydrogens (tertiary/aromatic N) is 2. The van der Waals surface area contributed by atoms with Gasteiger partial charge < -0.3 is 9.88 Å². The van der Waals surface area contributed by atoms with Crippen molar-refractivity contribution < 1.29 is 9.18 Å². The molecule has 0 aliphatic carbocycles. The first kappa shape index (κ1) is 15.2. The lowest BCUT2D eigenvalue weighted by Crippen LogP contribution is -2.12. The molecular weight excluding hydrogens is 293 g/mol. The number of aromatic nitrogens is 2. The summed E-state index contributed by atoms with van der Waals surface area (Å²) >= 11 is 0. The summed E-state index contributed by atoms with van der Waals surface area (Å²) in [5.74, 6) is -0.531. The third kappa shape index (κ3) is 2.95. The number of benzene rings is 1. The SMILES string of the molecule is CCCn1cc(C(=O)Nc2ccc(F)cc2C)c2cccnc21. The number of amides is 1. The third-order valence-electron chi connectivity index (χ3n) is 3.78. The molecule has 0 saturated carbocycles. The van der Waals surface area contributed by atoms with Crippen molar-refractivity contribution in [1.82, 2.24) is 9.55 Å². The van der Waals surface area contributed by atoms with Gasteiger partial charge >= 0.3 is 0 Å². The van der Waals surface area contributed by atoms with Gasteiger partial charge in [-0.15, -0.1) is 0 Å². The van der Waals surface area contributed by atoms with Crippen LogP contribution in [0.15, 0.2) is 42.7 Å². The summed E-state index contributed by atoms with van der Waals surface area (Å²) in [6.07, 6.45) is 4.51. The number of nitrogens with one attached hydrogen (secondary N) is 1. The number of carbonyl (C=O) groups excluding carboxylic acids is 1. The average Bonchev–Trinajstić information content (AvgIpc) is 2.90. The van der Waals surface area contributed by atoms with Gasteiger partial charge in [0.05, 0.1) is 5.56 Å². The minimum atomic E-state index is -0.316. The van der Waals surface area contributed by atoms with E-state index in [-0.39, 0.29) is 11.7 Å². The van der Waals surface area contributed by atoms with E-state index in [0.29, 0.717) is 16.8 Å². The molecule has 2 aromatic heterocycles. The first-order valence-corrected chi connectivity index (χ1v) is 7.61. The minimum absolute atomic E-state index is 0.215. The molecule has 0 fully saturated rings. The number of halogens is 1. The molecule has 0 saturated heterocycles. The topological polar surface area (TPSA) is 46.9 Å². The Morgan fingerprint density at radius 3 is 2.91 bits per heavy atom. The average molecular weight is 311 g/mol. The van der Waals surface area contributed by atoms with Crippen LogP contribution in [0.5, 0.6) is 0 Å². The van der Waals surface area contributed by atoms with Gasteiger partial charge in [-0.3, -0.25) is 4.79 Å². The predicted molar refractivity (Wildman–Crippen MR) is 89.1 cm³/mol. The van der Waals surface area contributed by atoms with E-state index in [1.807, 2.05) is 22.9 Å². The van der Waals surface area contributed by atoms with Gasteiger partial charge in [0.15, 0.2) is 0 Å². The molecule has 1 aromatic carbocycles. The van der Waals surface area contributed by atoms with Crippen LogP contribution < -0.4 is 5.32 Å². The molecule has 0 unspecified atom stereocenters. The summed E-state index contributed by atoms with van der Waals surface area (Å²) in [7, 11) is 0. The molecule has 118 valence electrons. The van der Waals surface area contributed by atoms with Crippen molar-refractivity contribution in [3.8, 4) is 0 Å². The third-order valence-corrected chi connectivity index (χ3v) is 3.78. The fourth-order valence-corrected chi connectivity index (χ4v) is 2.67. The van der Waals surface area contributed by atoms with Crippen molar-refractivity contribution >= 4 is 22.6 Å². The number of carbonyl (C=O) groups is 1. The monoisotopic (exact) mass is 311 g/mol. The van der Waals surface area contributed by atoms with E-state index in [2.05, 4.69) is 17.2 Å². The fourth-order valence-electron chi connectivity index (χ4n) is 2.67. The summed E-state index contributed by atoms with van der Waals surface area (Å²) in [6.45, 7) is 4.65. The van der Waals surface area contributed by atoms with E-state index in [4.69, 9.17) is 0 Å². The maximum Gasteiger partial charge on any atom is 0.257 e. The predicted octanol–water partition coefficient (Wildman–Crippen LogP) is 4.15. The second-order valence-corrected chi connectivity index (χ2v) is 5.52. The van der Waals surface area contributed by atoms with Gasteiger partial charge in [0.2, 0.25) is 0 Å². The number of fused-ring (bicyclic) bond motifs is 1. The van der Waals surface area contributed by atoms with Gasteiger partial charge in [0.25, 0.3) is 5.91 Å². The van der Waals surface area contributed by atoms with E-state index in [1.54, 1.807) is 19.2 Å². The Hall–Kier alpha value is -2.69. The molecule has 0 aliphatic rings. The number of hydrogen-bond acceptors (Lipinski definition) is 2. The molecule has 3 aromatic rings. The molecule has 0 spiro atoms. The molecule has 1 amide bonds. The quantitative estimate of drug-likeness (QED) is 0.787. The highest BCUT2D eigenvalue weighted by Crippen LogP contribution is 2.22. The van der Waals surface area contributed by atoms with Crippen LogP contribution in [0, 0.1) is 12.7 Å². The number of rotatable bonds is 4. The van der Waals surface area contributed by atoms with Crippen LogP contribution in [0.1, 0.15) is 29.3 Å². The normalized spacial score (nSPS) is 10.9. The molecule has 0 radical (unpaired) electrons. The zero-order chi connectivity index (χ0) is 16.4. The molecular formula is C18H18FN3O. The van der Waals surface area contributed by atoms with Crippen LogP contribution in [0.3, 0.4) is 0 Å². The zero-order valence-corrected chi connectivity index (χ0v) is 13.1. The maximum atomic E-state index is 13.2. The standard InChI is InChI=1S/C18H18FN3O/c1-3-9-22-11-15(14-5-4-8-20-17(14)22)18(23)21-16-7-6-13(19)10-12(16)2/h4-8,10-11H,3,9H2,1-2H3,(H,21,23). The van der Waals surface area contributed by atoms with Crippen molar-refractivity contribution in [2.45, 2.75) is 26.8 Å². The van der Waals surface area contributed by atoms with Crippen LogP contribution in [0.25, 0.3) is 11.0 Å². The van der Waals surface area contributed by atoms with Gasteiger partial charge in [-0.2, -0.15) is 0 Å². The van der Waals surface area contributed by atoms with Gasteiger partial charge in [-0.05, 0) is 49.2 Å². The van der Waals surface area contributed by atoms with E-state index >= 15 is 0 Å². The molecule has 0 aliphatic heterocycles. The van der Waals surface area contributed by atoms with Crippen LogP contribution >= 0.6 is 0 Å². The summed E-state index contributed by atoms with van der Waals surface area (Å²) in [6, 6.07) is 8.02. The summed E-state index contributed by atoms with van der Waals surface area (Å²) in [5, 5.41) is 3.67. The summed E-state index contributed by atoms with van der Waals surface area (Å²) in [5.41, 5.74) is 2.67. The van der Waals surface area contributed by atoms with Crippen molar-refractivity contribution in [2.24, 2.45) is 0 Å². The Bertz CT molecular complexity index is 870. The number of hydrogen-bond donors (Lipinski definition) is 1. The molecule has 5 heteroatoms. The molecule has 2 heterocycles. The Morgan fingerprint density at radius 1 is 1.35 bits per heavy atom. The smallest absolute Gasteiger partial charge is 0.257 e. The molecule has 0 atom stereocenters. The van der Waals surface area contributed by atoms with Crippen LogP contribution in [-0.4, -0.2) is 15.5 Å². The zero-order valence-electron chi connectivity index (χ0n) is 13.1. The van der Waals surface area contributed by atoms with E-state index in [0.717, 1.165) is 24.0 Å². The molecule has 4 nitrogen and oxygen atoms in total. The van der Waals surface area contributed by atoms with Crippen molar-refractivity contribution in [3.05, 3.63) is 59.7 Å². The summed E-state index contributed by atoms with van der Waals surface area (Å²) < 4.78 is 15.2. The second-order valence-electron chi connectivity index (χ2n) is 5.52. The molecule has 3 rings (SSSR count).